The van der Waals surface area contributed by atoms with Gasteiger partial charge in [0.1, 0.15) is 0 Å². The van der Waals surface area contributed by atoms with Crippen LogP contribution in [-0.2, 0) is 0 Å². The Kier molecular flexibility index (Phi) is 10.3. The fraction of sp³-hybridized carbons (Fsp3) is 0.0588. The maximum atomic E-state index is 2.34. The fourth-order valence-electron chi connectivity index (χ4n) is 6.94. The number of benzene rings is 7. The van der Waals surface area contributed by atoms with Gasteiger partial charge in [0.15, 0.2) is 0 Å². The van der Waals surface area contributed by atoms with Gasteiger partial charge in [-0.1, -0.05) is 121 Å². The Bertz CT molecular complexity index is 2340. The van der Waals surface area contributed by atoms with Crippen molar-refractivity contribution in [2.24, 2.45) is 0 Å². The molecule has 0 unspecified atom stereocenters. The van der Waals surface area contributed by atoms with Crippen LogP contribution in [0.15, 0.2) is 212 Å². The van der Waals surface area contributed by atoms with E-state index in [0.717, 1.165) is 69.5 Å². The summed E-state index contributed by atoms with van der Waals surface area (Å²) >= 11 is 0. The molecule has 3 heteroatoms. The van der Waals surface area contributed by atoms with Crippen molar-refractivity contribution in [1.29, 1.82) is 0 Å². The molecule has 0 N–H and O–H groups in total. The molecule has 0 aromatic heterocycles. The first-order chi connectivity index (χ1) is 26.7. The Morgan fingerprint density at radius 3 is 1.07 bits per heavy atom. The number of hydrogen-bond acceptors (Lipinski definition) is 3. The van der Waals surface area contributed by atoms with Gasteiger partial charge >= 0.3 is 0 Å². The van der Waals surface area contributed by atoms with Crippen molar-refractivity contribution in [3.8, 4) is 0 Å². The third-order valence-electron chi connectivity index (χ3n) is 9.71. The first-order valence-electron chi connectivity index (χ1n) is 18.7. The van der Waals surface area contributed by atoms with Gasteiger partial charge in [0.25, 0.3) is 0 Å². The number of hydrogen-bond donors (Lipinski definition) is 0. The molecule has 7 aromatic rings. The number of anilines is 8. The second-order valence-electron chi connectivity index (χ2n) is 13.5. The summed E-state index contributed by atoms with van der Waals surface area (Å²) in [6.45, 7) is 2.12. The Hall–Kier alpha value is -6.84. The molecule has 1 aliphatic carbocycles. The molecule has 0 saturated carbocycles. The molecule has 1 aliphatic rings. The van der Waals surface area contributed by atoms with E-state index in [1.54, 1.807) is 0 Å². The Balaban J connectivity index is 1.03. The van der Waals surface area contributed by atoms with E-state index in [1.807, 2.05) is 0 Å². The van der Waals surface area contributed by atoms with Crippen molar-refractivity contribution in [2.45, 2.75) is 19.8 Å². The van der Waals surface area contributed by atoms with Gasteiger partial charge in [-0.3, -0.25) is 0 Å². The number of rotatable bonds is 11. The van der Waals surface area contributed by atoms with E-state index in [9.17, 15) is 0 Å². The molecular formula is C51H43N3. The van der Waals surface area contributed by atoms with E-state index < -0.39 is 0 Å². The zero-order valence-corrected chi connectivity index (χ0v) is 30.5. The second-order valence-corrected chi connectivity index (χ2v) is 13.5. The summed E-state index contributed by atoms with van der Waals surface area (Å²) < 4.78 is 0. The van der Waals surface area contributed by atoms with Gasteiger partial charge in [-0.15, -0.1) is 0 Å². The van der Waals surface area contributed by atoms with Crippen molar-refractivity contribution in [3.05, 3.63) is 229 Å². The fourth-order valence-corrected chi connectivity index (χ4v) is 6.94. The topological polar surface area (TPSA) is 9.72 Å². The van der Waals surface area contributed by atoms with Crippen LogP contribution in [0.2, 0.25) is 0 Å². The summed E-state index contributed by atoms with van der Waals surface area (Å²) in [5, 5.41) is 0. The highest BCUT2D eigenvalue weighted by atomic mass is 15.2. The van der Waals surface area contributed by atoms with Gasteiger partial charge in [0, 0.05) is 51.2 Å². The number of allylic oxidation sites excluding steroid dienone is 3. The van der Waals surface area contributed by atoms with Crippen molar-refractivity contribution >= 4 is 57.7 Å². The SMILES string of the molecule is Cc1ccc(N(c2ccccc2)c2ccc(/C=C/c3ccc(N(c4ccccc4)c4ccc(N(C5=CCCC=C5)c5ccccc5)cc4)cc3)cc2)cc1. The zero-order valence-electron chi connectivity index (χ0n) is 30.5. The van der Waals surface area contributed by atoms with Crippen LogP contribution >= 0.6 is 0 Å². The summed E-state index contributed by atoms with van der Waals surface area (Å²) in [5.74, 6) is 0. The van der Waals surface area contributed by atoms with Gasteiger partial charge < -0.3 is 14.7 Å². The van der Waals surface area contributed by atoms with E-state index in [-0.39, 0.29) is 0 Å². The average Bonchev–Trinajstić information content (AvgIpc) is 3.24. The lowest BCUT2D eigenvalue weighted by atomic mass is 10.1. The quantitative estimate of drug-likeness (QED) is 0.125. The van der Waals surface area contributed by atoms with Gasteiger partial charge in [-0.2, -0.15) is 0 Å². The lowest BCUT2D eigenvalue weighted by molar-refractivity contribution is 0.997. The summed E-state index contributed by atoms with van der Waals surface area (Å²) in [7, 11) is 0. The molecule has 8 rings (SSSR count). The maximum Gasteiger partial charge on any atom is 0.0463 e. The maximum absolute atomic E-state index is 2.34. The Labute approximate surface area is 319 Å². The molecule has 3 nitrogen and oxygen atoms in total. The minimum absolute atomic E-state index is 1.05. The van der Waals surface area contributed by atoms with Crippen molar-refractivity contribution in [2.75, 3.05) is 14.7 Å². The van der Waals surface area contributed by atoms with Crippen molar-refractivity contribution in [1.82, 2.24) is 0 Å². The molecule has 0 amide bonds. The van der Waals surface area contributed by atoms with Gasteiger partial charge in [-0.25, -0.2) is 0 Å². The van der Waals surface area contributed by atoms with Crippen LogP contribution in [0.25, 0.3) is 12.2 Å². The van der Waals surface area contributed by atoms with Gasteiger partial charge in [0.05, 0.1) is 0 Å². The normalized spacial score (nSPS) is 12.4. The van der Waals surface area contributed by atoms with E-state index in [1.165, 1.54) is 11.3 Å². The molecule has 0 heterocycles. The molecule has 0 aliphatic heterocycles. The first-order valence-corrected chi connectivity index (χ1v) is 18.7. The van der Waals surface area contributed by atoms with Crippen LogP contribution in [0.5, 0.6) is 0 Å². The van der Waals surface area contributed by atoms with Crippen LogP contribution in [-0.4, -0.2) is 0 Å². The minimum Gasteiger partial charge on any atom is -0.311 e. The van der Waals surface area contributed by atoms with Gasteiger partial charge in [0.2, 0.25) is 0 Å². The number of para-hydroxylation sites is 3. The lowest BCUT2D eigenvalue weighted by Crippen LogP contribution is -2.16. The third-order valence-corrected chi connectivity index (χ3v) is 9.71. The molecule has 0 fully saturated rings. The molecule has 7 aromatic carbocycles. The molecule has 0 saturated heterocycles. The molecule has 0 atom stereocenters. The van der Waals surface area contributed by atoms with Crippen LogP contribution in [0.1, 0.15) is 29.5 Å². The van der Waals surface area contributed by atoms with E-state index in [2.05, 4.69) is 240 Å². The zero-order chi connectivity index (χ0) is 36.5. The molecular weight excluding hydrogens is 655 g/mol. The third kappa shape index (κ3) is 7.81. The summed E-state index contributed by atoms with van der Waals surface area (Å²) in [6, 6.07) is 66.9. The lowest BCUT2D eigenvalue weighted by Gasteiger charge is -2.29. The van der Waals surface area contributed by atoms with Crippen LogP contribution < -0.4 is 14.7 Å². The van der Waals surface area contributed by atoms with Crippen molar-refractivity contribution < 1.29 is 0 Å². The smallest absolute Gasteiger partial charge is 0.0463 e. The molecule has 0 radical (unpaired) electrons. The molecule has 262 valence electrons. The highest BCUT2D eigenvalue weighted by molar-refractivity contribution is 5.81. The van der Waals surface area contributed by atoms with E-state index >= 15 is 0 Å². The monoisotopic (exact) mass is 697 g/mol. The largest absolute Gasteiger partial charge is 0.311 e. The highest BCUT2D eigenvalue weighted by Gasteiger charge is 2.17. The summed E-state index contributed by atoms with van der Waals surface area (Å²) in [6.07, 6.45) is 13.3. The standard InChI is InChI=1S/C51H43N3/c1-40-22-30-47(31-23-40)53(45-18-10-4-11-19-45)48-32-26-41(27-33-48)24-25-42-28-34-49(35-29-42)54(46-20-12-5-13-21-46)51-38-36-50(37-39-51)52(43-14-6-2-7-15-43)44-16-8-3-9-17-44/h2,4-8,10-39H,3,9H2,1H3/b25-24+. The van der Waals surface area contributed by atoms with Crippen molar-refractivity contribution in [3.63, 3.8) is 0 Å². The summed E-state index contributed by atoms with van der Waals surface area (Å²) in [4.78, 5) is 6.95. The molecule has 0 spiro atoms. The first kappa shape index (κ1) is 34.3. The van der Waals surface area contributed by atoms with E-state index in [4.69, 9.17) is 0 Å². The second kappa shape index (κ2) is 16.2. The summed E-state index contributed by atoms with van der Waals surface area (Å²) in [5.41, 5.74) is 13.7. The average molecular weight is 698 g/mol. The predicted octanol–water partition coefficient (Wildman–Crippen LogP) is 14.5. The minimum atomic E-state index is 1.05. The van der Waals surface area contributed by atoms with Crippen LogP contribution in [0.4, 0.5) is 45.5 Å². The highest BCUT2D eigenvalue weighted by Crippen LogP contribution is 2.39. The number of aryl methyl sites for hydroxylation is 1. The Morgan fingerprint density at radius 2 is 0.685 bits per heavy atom. The predicted molar refractivity (Wildman–Crippen MR) is 231 cm³/mol. The van der Waals surface area contributed by atoms with Crippen LogP contribution in [0.3, 0.4) is 0 Å². The molecule has 0 bridgehead atoms. The number of nitrogens with zero attached hydrogens (tertiary/aromatic N) is 3. The molecule has 54 heavy (non-hydrogen) atoms. The Morgan fingerprint density at radius 1 is 0.352 bits per heavy atom. The van der Waals surface area contributed by atoms with Crippen LogP contribution in [0, 0.1) is 6.92 Å². The van der Waals surface area contributed by atoms with E-state index in [0.29, 0.717) is 0 Å². The van der Waals surface area contributed by atoms with Gasteiger partial charge in [-0.05, 0) is 134 Å².